The Hall–Kier alpha value is -0.690. The molecule has 0 spiro atoms. The van der Waals surface area contributed by atoms with Crippen LogP contribution >= 0.6 is 0 Å². The third-order valence-corrected chi connectivity index (χ3v) is 5.46. The average molecular weight is 403 g/mol. The number of hydrogen-bond donors (Lipinski definition) is 3. The Morgan fingerprint density at radius 3 is 1.96 bits per heavy atom. The lowest BCUT2D eigenvalue weighted by Gasteiger charge is -2.36. The number of likely N-dealkylation sites (tertiary alicyclic amines) is 1. The van der Waals surface area contributed by atoms with Gasteiger partial charge < -0.3 is 20.2 Å². The second-order valence-corrected chi connectivity index (χ2v) is 9.45. The molecule has 28 heavy (non-hydrogen) atoms. The van der Waals surface area contributed by atoms with Gasteiger partial charge in [-0.25, -0.2) is 0 Å². The number of aliphatic hydroxyl groups excluding tert-OH is 3. The van der Waals surface area contributed by atoms with Gasteiger partial charge in [0.25, 0.3) is 0 Å². The van der Waals surface area contributed by atoms with Crippen molar-refractivity contribution in [3.05, 3.63) is 0 Å². The highest BCUT2D eigenvalue weighted by atomic mass is 16.3. The lowest BCUT2D eigenvalue weighted by molar-refractivity contribution is -0.142. The molecule has 0 aromatic rings. The first kappa shape index (κ1) is 27.3. The first-order valence-corrected chi connectivity index (χ1v) is 10.9. The summed E-state index contributed by atoms with van der Waals surface area (Å²) in [5.74, 6) is 0.702. The lowest BCUT2D eigenvalue weighted by atomic mass is 9.92. The largest absolute Gasteiger partial charge is 0.400 e. The van der Waals surface area contributed by atoms with Crippen LogP contribution in [0.3, 0.4) is 0 Å². The van der Waals surface area contributed by atoms with Crippen LogP contribution in [0, 0.1) is 11.3 Å². The predicted molar refractivity (Wildman–Crippen MR) is 115 cm³/mol. The Morgan fingerprint density at radius 2 is 1.50 bits per heavy atom. The average Bonchev–Trinajstić information content (AvgIpc) is 2.60. The van der Waals surface area contributed by atoms with Gasteiger partial charge >= 0.3 is 0 Å². The van der Waals surface area contributed by atoms with Gasteiger partial charge in [0.15, 0.2) is 0 Å². The maximum Gasteiger partial charge on any atom is 0.228 e. The van der Waals surface area contributed by atoms with E-state index in [4.69, 9.17) is 5.11 Å². The van der Waals surface area contributed by atoms with Gasteiger partial charge in [0.1, 0.15) is 0 Å². The van der Waals surface area contributed by atoms with Crippen LogP contribution in [0.5, 0.6) is 0 Å². The summed E-state index contributed by atoms with van der Waals surface area (Å²) in [5.41, 5.74) is -0.334. The van der Waals surface area contributed by atoms with Crippen LogP contribution in [-0.2, 0) is 4.79 Å². The molecule has 1 amide bonds. The zero-order valence-electron chi connectivity index (χ0n) is 19.3. The quantitative estimate of drug-likeness (QED) is 0.516. The molecule has 1 rings (SSSR count). The van der Waals surface area contributed by atoms with E-state index in [0.29, 0.717) is 25.4 Å². The van der Waals surface area contributed by atoms with Crippen molar-refractivity contribution in [2.75, 3.05) is 33.3 Å². The Labute approximate surface area is 172 Å². The number of carbonyl (C=O) groups excluding carboxylic acids is 1. The van der Waals surface area contributed by atoms with Gasteiger partial charge in [0.05, 0.1) is 12.2 Å². The normalized spacial score (nSPS) is 21.8. The molecule has 3 atom stereocenters. The van der Waals surface area contributed by atoms with Crippen LogP contribution in [0.15, 0.2) is 0 Å². The number of nitrogens with zero attached hydrogens (tertiary/aromatic N) is 2. The Morgan fingerprint density at radius 1 is 1.00 bits per heavy atom. The number of aliphatic hydroxyl groups is 3. The smallest absolute Gasteiger partial charge is 0.228 e. The van der Waals surface area contributed by atoms with E-state index in [9.17, 15) is 15.0 Å². The minimum atomic E-state index is -0.395. The molecular formula is C22H46N2O4. The zero-order chi connectivity index (χ0) is 21.9. The van der Waals surface area contributed by atoms with Crippen molar-refractivity contribution in [3.8, 4) is 0 Å². The number of β-amino-alcohol motifs (C(OH)–C–C–N with tert-alkyl or cyclic N) is 2. The second-order valence-electron chi connectivity index (χ2n) is 9.45. The Bertz CT molecular complexity index is 413. The standard InChI is InChI=1S/C21H42N2O3.CH4O/c1-16(2)17(3)23(20(26)21(4,5)6)12-10-8-7-9-11-22-14-18(24)13-19(25)15-22;1-2/h16-19,24-25H,7-15H2,1-6H3;2H,1H3. The molecular weight excluding hydrogens is 356 g/mol. The first-order valence-electron chi connectivity index (χ1n) is 10.9. The molecule has 0 saturated carbocycles. The minimum absolute atomic E-state index is 0.245. The molecule has 1 aliphatic heterocycles. The number of hydrogen-bond acceptors (Lipinski definition) is 5. The van der Waals surface area contributed by atoms with Crippen LogP contribution in [0.1, 0.15) is 73.6 Å². The highest BCUT2D eigenvalue weighted by Crippen LogP contribution is 2.22. The molecule has 0 bridgehead atoms. The van der Waals surface area contributed by atoms with Gasteiger partial charge in [0.2, 0.25) is 5.91 Å². The third kappa shape index (κ3) is 10.2. The van der Waals surface area contributed by atoms with Crippen molar-refractivity contribution in [2.45, 2.75) is 91.9 Å². The molecule has 0 aromatic carbocycles. The summed E-state index contributed by atoms with van der Waals surface area (Å²) in [5, 5.41) is 26.5. The number of amides is 1. The topological polar surface area (TPSA) is 84.2 Å². The monoisotopic (exact) mass is 402 g/mol. The third-order valence-electron chi connectivity index (χ3n) is 5.46. The van der Waals surface area contributed by atoms with Crippen LogP contribution in [0.4, 0.5) is 0 Å². The van der Waals surface area contributed by atoms with Gasteiger partial charge in [-0.15, -0.1) is 0 Å². The van der Waals surface area contributed by atoms with E-state index < -0.39 is 12.2 Å². The summed E-state index contributed by atoms with van der Waals surface area (Å²) < 4.78 is 0. The number of rotatable bonds is 9. The van der Waals surface area contributed by atoms with Gasteiger partial charge in [-0.1, -0.05) is 47.5 Å². The summed E-state index contributed by atoms with van der Waals surface area (Å²) in [4.78, 5) is 17.0. The van der Waals surface area contributed by atoms with E-state index in [1.165, 1.54) is 0 Å². The molecule has 168 valence electrons. The molecule has 6 nitrogen and oxygen atoms in total. The molecule has 0 radical (unpaired) electrons. The summed E-state index contributed by atoms with van der Waals surface area (Å²) in [6.45, 7) is 15.6. The summed E-state index contributed by atoms with van der Waals surface area (Å²) in [7, 11) is 1.00. The molecule has 1 aliphatic rings. The van der Waals surface area contributed by atoms with Crippen molar-refractivity contribution < 1.29 is 20.1 Å². The van der Waals surface area contributed by atoms with E-state index in [1.807, 2.05) is 20.8 Å². The summed E-state index contributed by atoms with van der Waals surface area (Å²) >= 11 is 0. The summed E-state index contributed by atoms with van der Waals surface area (Å²) in [6, 6.07) is 0.262. The van der Waals surface area contributed by atoms with Crippen molar-refractivity contribution in [1.82, 2.24) is 9.80 Å². The SMILES string of the molecule is CC(C)C(C)N(CCCCCCN1CC(O)CC(O)C1)C(=O)C(C)(C)C.CO. The van der Waals surface area contributed by atoms with Gasteiger partial charge in [-0.05, 0) is 32.2 Å². The Kier molecular flexibility index (Phi) is 13.2. The van der Waals surface area contributed by atoms with Gasteiger partial charge in [-0.2, -0.15) is 0 Å². The highest BCUT2D eigenvalue weighted by Gasteiger charge is 2.31. The molecule has 0 aromatic heterocycles. The molecule has 3 N–H and O–H groups in total. The van der Waals surface area contributed by atoms with Gasteiger partial charge in [-0.3, -0.25) is 9.69 Å². The van der Waals surface area contributed by atoms with Crippen molar-refractivity contribution in [2.24, 2.45) is 11.3 Å². The number of carbonyl (C=O) groups is 1. The summed E-state index contributed by atoms with van der Waals surface area (Å²) in [6.07, 6.45) is 4.05. The maximum atomic E-state index is 12.8. The molecule has 3 unspecified atom stereocenters. The lowest BCUT2D eigenvalue weighted by Crippen LogP contribution is -2.47. The van der Waals surface area contributed by atoms with E-state index in [1.54, 1.807) is 0 Å². The first-order chi connectivity index (χ1) is 13.0. The van der Waals surface area contributed by atoms with Crippen LogP contribution < -0.4 is 0 Å². The fraction of sp³-hybridized carbons (Fsp3) is 0.955. The van der Waals surface area contributed by atoms with Crippen LogP contribution in [-0.4, -0.2) is 82.6 Å². The zero-order valence-corrected chi connectivity index (χ0v) is 19.3. The molecule has 6 heteroatoms. The van der Waals surface area contributed by atoms with Crippen LogP contribution in [0.25, 0.3) is 0 Å². The van der Waals surface area contributed by atoms with E-state index in [2.05, 4.69) is 30.6 Å². The molecule has 0 aliphatic carbocycles. The van der Waals surface area contributed by atoms with Crippen LogP contribution in [0.2, 0.25) is 0 Å². The fourth-order valence-corrected chi connectivity index (χ4v) is 3.57. The predicted octanol–water partition coefficient (Wildman–Crippen LogP) is 2.50. The Balaban J connectivity index is 0.00000352. The minimum Gasteiger partial charge on any atom is -0.400 e. The van der Waals surface area contributed by atoms with Crippen molar-refractivity contribution in [1.29, 1.82) is 0 Å². The van der Waals surface area contributed by atoms with E-state index in [0.717, 1.165) is 45.9 Å². The molecule has 1 fully saturated rings. The van der Waals surface area contributed by atoms with E-state index in [-0.39, 0.29) is 17.4 Å². The molecule has 1 heterocycles. The molecule has 1 saturated heterocycles. The highest BCUT2D eigenvalue weighted by molar-refractivity contribution is 5.81. The number of piperidine rings is 1. The van der Waals surface area contributed by atoms with Crippen molar-refractivity contribution >= 4 is 5.91 Å². The fourth-order valence-electron chi connectivity index (χ4n) is 3.57. The second kappa shape index (κ2) is 13.5. The van der Waals surface area contributed by atoms with E-state index >= 15 is 0 Å². The van der Waals surface area contributed by atoms with Crippen molar-refractivity contribution in [3.63, 3.8) is 0 Å². The maximum absolute atomic E-state index is 12.8. The number of unbranched alkanes of at least 4 members (excludes halogenated alkanes) is 3. The van der Waals surface area contributed by atoms with Gasteiger partial charge in [0, 0.05) is 44.6 Å².